The van der Waals surface area contributed by atoms with Crippen LogP contribution in [0.25, 0.3) is 6.08 Å². The molecule has 0 spiro atoms. The van der Waals surface area contributed by atoms with Crippen LogP contribution in [0, 0.1) is 18.3 Å². The normalized spacial score (nSPS) is 14.1. The molecular formula is C34H27ClN2O5. The van der Waals surface area contributed by atoms with Crippen molar-refractivity contribution in [3.63, 3.8) is 0 Å². The van der Waals surface area contributed by atoms with Crippen LogP contribution in [0.15, 0.2) is 102 Å². The third-order valence-corrected chi connectivity index (χ3v) is 6.98. The van der Waals surface area contributed by atoms with E-state index in [4.69, 9.17) is 36.3 Å². The molecule has 7 nitrogen and oxygen atoms in total. The van der Waals surface area contributed by atoms with Gasteiger partial charge in [-0.25, -0.2) is 4.79 Å². The molecule has 1 aliphatic heterocycles. The number of carbonyl (C=O) groups is 1. The van der Waals surface area contributed by atoms with Crippen LogP contribution in [-0.4, -0.2) is 13.1 Å². The Bertz CT molecular complexity index is 1720. The zero-order chi connectivity index (χ0) is 29.6. The first-order chi connectivity index (χ1) is 20.3. The molecule has 5 rings (SSSR count). The number of nitrogens with zero attached hydrogens (tertiary/aromatic N) is 1. The summed E-state index contributed by atoms with van der Waals surface area (Å²) >= 11 is 5.98. The molecule has 0 fully saturated rings. The minimum absolute atomic E-state index is 0.0280. The average Bonchev–Trinajstić information content (AvgIpc) is 2.99. The third-order valence-electron chi connectivity index (χ3n) is 6.73. The first kappa shape index (κ1) is 28.3. The van der Waals surface area contributed by atoms with Gasteiger partial charge in [0.1, 0.15) is 29.7 Å². The van der Waals surface area contributed by atoms with E-state index in [9.17, 15) is 10.1 Å². The highest BCUT2D eigenvalue weighted by atomic mass is 35.5. The van der Waals surface area contributed by atoms with Crippen LogP contribution in [0.2, 0.25) is 5.02 Å². The van der Waals surface area contributed by atoms with E-state index in [0.717, 1.165) is 22.3 Å². The Morgan fingerprint density at radius 3 is 2.50 bits per heavy atom. The smallest absolute Gasteiger partial charge is 0.336 e. The Morgan fingerprint density at radius 2 is 1.79 bits per heavy atom. The fraction of sp³-hybridized carbons (Fsp3) is 0.118. The number of halogens is 1. The van der Waals surface area contributed by atoms with Gasteiger partial charge in [0.05, 0.1) is 13.0 Å². The van der Waals surface area contributed by atoms with Crippen LogP contribution in [0.3, 0.4) is 0 Å². The fourth-order valence-electron chi connectivity index (χ4n) is 4.56. The highest BCUT2D eigenvalue weighted by Gasteiger charge is 2.31. The second kappa shape index (κ2) is 12.5. The van der Waals surface area contributed by atoms with Crippen molar-refractivity contribution in [3.8, 4) is 29.1 Å². The van der Waals surface area contributed by atoms with E-state index in [2.05, 4.69) is 6.07 Å². The summed E-state index contributed by atoms with van der Waals surface area (Å²) in [5.74, 6) is 0.595. The summed E-state index contributed by atoms with van der Waals surface area (Å²) in [5, 5.41) is 10.6. The van der Waals surface area contributed by atoms with E-state index < -0.39 is 11.9 Å². The number of rotatable bonds is 8. The molecule has 1 heterocycles. The Balaban J connectivity index is 1.38. The van der Waals surface area contributed by atoms with E-state index in [0.29, 0.717) is 34.4 Å². The van der Waals surface area contributed by atoms with Crippen molar-refractivity contribution in [1.29, 1.82) is 5.26 Å². The van der Waals surface area contributed by atoms with Gasteiger partial charge in [-0.2, -0.15) is 5.26 Å². The monoisotopic (exact) mass is 578 g/mol. The largest absolute Gasteiger partial charge is 0.493 e. The van der Waals surface area contributed by atoms with Gasteiger partial charge in [0.2, 0.25) is 5.88 Å². The molecule has 8 heteroatoms. The summed E-state index contributed by atoms with van der Waals surface area (Å²) < 4.78 is 22.9. The van der Waals surface area contributed by atoms with Crippen LogP contribution < -0.4 is 24.7 Å². The van der Waals surface area contributed by atoms with Crippen molar-refractivity contribution in [3.05, 3.63) is 135 Å². The number of allylic oxidation sites excluding steroid dienone is 1. The van der Waals surface area contributed by atoms with Gasteiger partial charge in [-0.3, -0.25) is 0 Å². The summed E-state index contributed by atoms with van der Waals surface area (Å²) in [4.78, 5) is 12.5. The molecule has 0 aromatic heterocycles. The molecule has 210 valence electrons. The lowest BCUT2D eigenvalue weighted by molar-refractivity contribution is -0.128. The molecule has 42 heavy (non-hydrogen) atoms. The first-order valence-corrected chi connectivity index (χ1v) is 13.5. The molecule has 4 aromatic rings. The highest BCUT2D eigenvalue weighted by Crippen LogP contribution is 2.45. The van der Waals surface area contributed by atoms with Gasteiger partial charge in [-0.05, 0) is 60.0 Å². The van der Waals surface area contributed by atoms with Gasteiger partial charge in [0, 0.05) is 22.7 Å². The SMILES string of the molecule is COc1cc(C2C(C#N)=C(N)Oc3cc(OC(=O)/C=C/c4ccc(C)cc4)ccc32)ccc1OCc1ccc(Cl)cc1. The lowest BCUT2D eigenvalue weighted by Crippen LogP contribution is -2.21. The van der Waals surface area contributed by atoms with E-state index >= 15 is 0 Å². The predicted octanol–water partition coefficient (Wildman–Crippen LogP) is 7.07. The molecular weight excluding hydrogens is 552 g/mol. The van der Waals surface area contributed by atoms with Gasteiger partial charge in [0.25, 0.3) is 0 Å². The number of fused-ring (bicyclic) bond motifs is 1. The van der Waals surface area contributed by atoms with Crippen molar-refractivity contribution in [1.82, 2.24) is 0 Å². The second-order valence-corrected chi connectivity index (χ2v) is 10.1. The quantitative estimate of drug-likeness (QED) is 0.135. The highest BCUT2D eigenvalue weighted by molar-refractivity contribution is 6.30. The standard InChI is InChI=1S/C34H27ClN2O5/c1-21-3-5-22(6-4-21)9-16-32(38)41-26-13-14-27-30(18-26)42-34(37)28(19-36)33(27)24-10-15-29(31(17-24)39-2)40-20-23-7-11-25(35)12-8-23/h3-18,33H,20,37H2,1-2H3/b16-9+. The van der Waals surface area contributed by atoms with Crippen molar-refractivity contribution >= 4 is 23.6 Å². The minimum atomic E-state index is -0.539. The molecule has 0 saturated carbocycles. The molecule has 0 radical (unpaired) electrons. The predicted molar refractivity (Wildman–Crippen MR) is 160 cm³/mol. The maximum absolute atomic E-state index is 12.5. The maximum Gasteiger partial charge on any atom is 0.336 e. The van der Waals surface area contributed by atoms with Crippen LogP contribution >= 0.6 is 11.6 Å². The molecule has 2 N–H and O–H groups in total. The topological polar surface area (TPSA) is 104 Å². The Hall–Kier alpha value is -5.19. The van der Waals surface area contributed by atoms with Gasteiger partial charge in [-0.15, -0.1) is 0 Å². The van der Waals surface area contributed by atoms with E-state index in [1.807, 2.05) is 55.5 Å². The van der Waals surface area contributed by atoms with Crippen LogP contribution in [-0.2, 0) is 11.4 Å². The van der Waals surface area contributed by atoms with E-state index in [-0.39, 0.29) is 17.2 Å². The van der Waals surface area contributed by atoms with Gasteiger partial charge >= 0.3 is 5.97 Å². The number of esters is 1. The number of hydrogen-bond acceptors (Lipinski definition) is 7. The molecule has 0 saturated heterocycles. The number of ether oxygens (including phenoxy) is 4. The molecule has 4 aromatic carbocycles. The Morgan fingerprint density at radius 1 is 1.02 bits per heavy atom. The number of hydrogen-bond donors (Lipinski definition) is 1. The molecule has 0 aliphatic carbocycles. The van der Waals surface area contributed by atoms with E-state index in [1.54, 1.807) is 49.6 Å². The lowest BCUT2D eigenvalue weighted by atomic mass is 9.83. The van der Waals surface area contributed by atoms with Gasteiger partial charge in [0.15, 0.2) is 11.5 Å². The molecule has 1 atom stereocenters. The number of aryl methyl sites for hydroxylation is 1. The zero-order valence-corrected chi connectivity index (χ0v) is 23.7. The Labute approximate surface area is 249 Å². The summed E-state index contributed by atoms with van der Waals surface area (Å²) in [7, 11) is 1.55. The summed E-state index contributed by atoms with van der Waals surface area (Å²) in [5.41, 5.74) is 10.8. The zero-order valence-electron chi connectivity index (χ0n) is 23.0. The first-order valence-electron chi connectivity index (χ1n) is 13.1. The minimum Gasteiger partial charge on any atom is -0.493 e. The number of methoxy groups -OCH3 is 1. The van der Waals surface area contributed by atoms with Crippen LogP contribution in [0.1, 0.15) is 33.7 Å². The van der Waals surface area contributed by atoms with Crippen LogP contribution in [0.4, 0.5) is 0 Å². The maximum atomic E-state index is 12.5. The number of benzene rings is 4. The number of nitrogens with two attached hydrogens (primary N) is 1. The second-order valence-electron chi connectivity index (χ2n) is 9.61. The summed E-state index contributed by atoms with van der Waals surface area (Å²) in [6, 6.07) is 27.8. The third kappa shape index (κ3) is 6.41. The van der Waals surface area contributed by atoms with Crippen molar-refractivity contribution in [2.75, 3.05) is 7.11 Å². The molecule has 1 unspecified atom stereocenters. The average molecular weight is 579 g/mol. The van der Waals surface area contributed by atoms with E-state index in [1.165, 1.54) is 6.08 Å². The molecule has 0 amide bonds. The summed E-state index contributed by atoms with van der Waals surface area (Å²) in [6.45, 7) is 2.32. The van der Waals surface area contributed by atoms with Crippen LogP contribution in [0.5, 0.6) is 23.0 Å². The molecule has 1 aliphatic rings. The summed E-state index contributed by atoms with van der Waals surface area (Å²) in [6.07, 6.45) is 3.04. The van der Waals surface area contributed by atoms with Crippen molar-refractivity contribution in [2.45, 2.75) is 19.4 Å². The number of nitriles is 1. The van der Waals surface area contributed by atoms with Crippen molar-refractivity contribution < 1.29 is 23.7 Å². The molecule has 0 bridgehead atoms. The number of carbonyl (C=O) groups excluding carboxylic acids is 1. The van der Waals surface area contributed by atoms with Crippen molar-refractivity contribution in [2.24, 2.45) is 5.73 Å². The Kier molecular flexibility index (Phi) is 8.47. The lowest BCUT2D eigenvalue weighted by Gasteiger charge is -2.27. The van der Waals surface area contributed by atoms with Gasteiger partial charge < -0.3 is 24.7 Å². The fourth-order valence-corrected chi connectivity index (χ4v) is 4.68. The van der Waals surface area contributed by atoms with Gasteiger partial charge in [-0.1, -0.05) is 65.7 Å².